The molecule has 4 aromatic rings. The van der Waals surface area contributed by atoms with Crippen LogP contribution < -0.4 is 5.32 Å². The predicted octanol–water partition coefficient (Wildman–Crippen LogP) is 5.28. The quantitative estimate of drug-likeness (QED) is 0.370. The molecule has 0 fully saturated rings. The van der Waals surface area contributed by atoms with Crippen LogP contribution in [-0.2, 0) is 16.1 Å². The molecule has 1 atom stereocenters. The Morgan fingerprint density at radius 3 is 2.56 bits per heavy atom. The summed E-state index contributed by atoms with van der Waals surface area (Å²) in [5.74, 6) is 0.00724. The first-order chi connectivity index (χ1) is 15.7. The number of benzene rings is 3. The van der Waals surface area contributed by atoms with Crippen molar-refractivity contribution in [2.24, 2.45) is 0 Å². The number of hydrogen-bond donors (Lipinski definition) is 1. The Balaban J connectivity index is 1.74. The number of aromatic nitrogens is 1. The predicted molar refractivity (Wildman–Crippen MR) is 130 cm³/mol. The third-order valence-electron chi connectivity index (χ3n) is 5.85. The molecule has 0 radical (unpaired) electrons. The second-order valence-corrected chi connectivity index (χ2v) is 8.23. The van der Waals surface area contributed by atoms with Crippen molar-refractivity contribution in [3.05, 3.63) is 107 Å². The molecule has 0 bridgehead atoms. The second-order valence-electron chi connectivity index (χ2n) is 8.23. The smallest absolute Gasteiger partial charge is 0.221 e. The molecular formula is C28H30N2O2. The van der Waals surface area contributed by atoms with E-state index in [4.69, 9.17) is 4.74 Å². The van der Waals surface area contributed by atoms with E-state index in [1.54, 1.807) is 7.11 Å². The Morgan fingerprint density at radius 1 is 1.00 bits per heavy atom. The molecule has 0 aliphatic carbocycles. The number of hydrogen-bond acceptors (Lipinski definition) is 2. The highest BCUT2D eigenvalue weighted by Gasteiger charge is 2.23. The first kappa shape index (κ1) is 21.8. The minimum atomic E-state index is -0.0284. The topological polar surface area (TPSA) is 43.3 Å². The first-order valence-corrected chi connectivity index (χ1v) is 11.1. The van der Waals surface area contributed by atoms with Gasteiger partial charge in [-0.15, -0.1) is 0 Å². The fraction of sp³-hybridized carbons (Fsp3) is 0.250. The maximum absolute atomic E-state index is 12.8. The summed E-state index contributed by atoms with van der Waals surface area (Å²) in [5.41, 5.74) is 5.98. The van der Waals surface area contributed by atoms with Gasteiger partial charge >= 0.3 is 0 Å². The summed E-state index contributed by atoms with van der Waals surface area (Å²) in [5, 5.41) is 4.19. The minimum Gasteiger partial charge on any atom is -0.383 e. The standard InChI is InChI=1S/C28H30N2O2/c1-21-9-8-12-23(17-21)25(18-28(31)29-15-16-32-2)26-20-30(19-22-10-4-3-5-11-22)27-14-7-6-13-24(26)27/h3-14,17,20,25H,15-16,18-19H2,1-2H3,(H,29,31). The van der Waals surface area contributed by atoms with Crippen molar-refractivity contribution in [3.8, 4) is 0 Å². The van der Waals surface area contributed by atoms with E-state index in [1.165, 1.54) is 27.6 Å². The van der Waals surface area contributed by atoms with Gasteiger partial charge in [-0.3, -0.25) is 4.79 Å². The number of carbonyl (C=O) groups is 1. The molecule has 1 aromatic heterocycles. The monoisotopic (exact) mass is 426 g/mol. The van der Waals surface area contributed by atoms with Crippen molar-refractivity contribution in [2.45, 2.75) is 25.8 Å². The molecule has 0 saturated heterocycles. The van der Waals surface area contributed by atoms with Gasteiger partial charge in [-0.25, -0.2) is 0 Å². The number of ether oxygens (including phenoxy) is 1. The summed E-state index contributed by atoms with van der Waals surface area (Å²) >= 11 is 0. The van der Waals surface area contributed by atoms with Crippen LogP contribution in [-0.4, -0.2) is 30.7 Å². The number of amides is 1. The zero-order valence-corrected chi connectivity index (χ0v) is 18.8. The van der Waals surface area contributed by atoms with E-state index in [9.17, 15) is 4.79 Å². The lowest BCUT2D eigenvalue weighted by atomic mass is 9.87. The molecule has 4 nitrogen and oxygen atoms in total. The third kappa shape index (κ3) is 5.09. The minimum absolute atomic E-state index is 0.0284. The van der Waals surface area contributed by atoms with Crippen molar-refractivity contribution in [1.29, 1.82) is 0 Å². The number of para-hydroxylation sites is 1. The molecule has 4 rings (SSSR count). The highest BCUT2D eigenvalue weighted by molar-refractivity contribution is 5.86. The van der Waals surface area contributed by atoms with Crippen LogP contribution in [0.15, 0.2) is 85.1 Å². The van der Waals surface area contributed by atoms with Gasteiger partial charge in [-0.05, 0) is 29.7 Å². The number of fused-ring (bicyclic) bond motifs is 1. The summed E-state index contributed by atoms with van der Waals surface area (Å²) < 4.78 is 7.38. The Bertz CT molecular complexity index is 1180. The Morgan fingerprint density at radius 2 is 1.78 bits per heavy atom. The summed E-state index contributed by atoms with van der Waals surface area (Å²) in [6, 6.07) is 27.4. The second kappa shape index (κ2) is 10.3. The number of nitrogens with one attached hydrogen (secondary N) is 1. The van der Waals surface area contributed by atoms with Crippen LogP contribution in [0.25, 0.3) is 10.9 Å². The van der Waals surface area contributed by atoms with Crippen molar-refractivity contribution in [1.82, 2.24) is 9.88 Å². The van der Waals surface area contributed by atoms with Crippen molar-refractivity contribution >= 4 is 16.8 Å². The van der Waals surface area contributed by atoms with E-state index in [1.807, 2.05) is 6.07 Å². The summed E-state index contributed by atoms with van der Waals surface area (Å²) in [4.78, 5) is 12.8. The van der Waals surface area contributed by atoms with Crippen molar-refractivity contribution in [2.75, 3.05) is 20.3 Å². The van der Waals surface area contributed by atoms with Crippen molar-refractivity contribution in [3.63, 3.8) is 0 Å². The number of aryl methyl sites for hydroxylation is 1. The molecule has 0 aliphatic rings. The lowest BCUT2D eigenvalue weighted by Crippen LogP contribution is -2.28. The molecule has 1 amide bonds. The molecule has 4 heteroatoms. The highest BCUT2D eigenvalue weighted by Crippen LogP contribution is 2.35. The molecule has 1 N–H and O–H groups in total. The molecule has 1 unspecified atom stereocenters. The first-order valence-electron chi connectivity index (χ1n) is 11.1. The van der Waals surface area contributed by atoms with Gasteiger partial charge in [0, 0.05) is 49.6 Å². The molecule has 164 valence electrons. The fourth-order valence-electron chi connectivity index (χ4n) is 4.31. The lowest BCUT2D eigenvalue weighted by molar-refractivity contribution is -0.121. The summed E-state index contributed by atoms with van der Waals surface area (Å²) in [6.45, 7) is 3.92. The normalized spacial score (nSPS) is 12.1. The van der Waals surface area contributed by atoms with Gasteiger partial charge in [-0.2, -0.15) is 0 Å². The Hall–Kier alpha value is -3.37. The molecule has 1 heterocycles. The van der Waals surface area contributed by atoms with Crippen molar-refractivity contribution < 1.29 is 9.53 Å². The Kier molecular flexibility index (Phi) is 7.03. The third-order valence-corrected chi connectivity index (χ3v) is 5.85. The summed E-state index contributed by atoms with van der Waals surface area (Å²) in [7, 11) is 1.64. The zero-order valence-electron chi connectivity index (χ0n) is 18.8. The van der Waals surface area contributed by atoms with Gasteiger partial charge in [0.1, 0.15) is 0 Å². The zero-order chi connectivity index (χ0) is 22.3. The maximum atomic E-state index is 12.8. The van der Waals surface area contributed by atoms with Gasteiger partial charge in [-0.1, -0.05) is 78.4 Å². The van der Waals surface area contributed by atoms with Gasteiger partial charge in [0.05, 0.1) is 6.61 Å². The largest absolute Gasteiger partial charge is 0.383 e. The molecule has 0 aliphatic heterocycles. The van der Waals surface area contributed by atoms with E-state index in [0.717, 1.165) is 12.1 Å². The van der Waals surface area contributed by atoms with Gasteiger partial charge in [0.25, 0.3) is 0 Å². The molecule has 0 spiro atoms. The Labute approximate surface area is 189 Å². The maximum Gasteiger partial charge on any atom is 0.221 e. The highest BCUT2D eigenvalue weighted by atomic mass is 16.5. The van der Waals surface area contributed by atoms with E-state index >= 15 is 0 Å². The average molecular weight is 427 g/mol. The van der Waals surface area contributed by atoms with Crippen LogP contribution in [0.1, 0.15) is 34.6 Å². The van der Waals surface area contributed by atoms with E-state index in [2.05, 4.69) is 95.8 Å². The van der Waals surface area contributed by atoms with Crippen LogP contribution >= 0.6 is 0 Å². The van der Waals surface area contributed by atoms with Crippen LogP contribution in [0.5, 0.6) is 0 Å². The lowest BCUT2D eigenvalue weighted by Gasteiger charge is -2.18. The molecule has 32 heavy (non-hydrogen) atoms. The number of methoxy groups -OCH3 is 1. The average Bonchev–Trinajstić information content (AvgIpc) is 3.16. The van der Waals surface area contributed by atoms with E-state index in [-0.39, 0.29) is 11.8 Å². The van der Waals surface area contributed by atoms with Crippen LogP contribution in [0.3, 0.4) is 0 Å². The SMILES string of the molecule is COCCNC(=O)CC(c1cccc(C)c1)c1cn(Cc2ccccc2)c2ccccc12. The van der Waals surface area contributed by atoms with E-state index in [0.29, 0.717) is 19.6 Å². The number of carbonyl (C=O) groups excluding carboxylic acids is 1. The van der Waals surface area contributed by atoms with Crippen LogP contribution in [0.4, 0.5) is 0 Å². The van der Waals surface area contributed by atoms with Crippen LogP contribution in [0, 0.1) is 6.92 Å². The molecule has 3 aromatic carbocycles. The van der Waals surface area contributed by atoms with Gasteiger partial charge in [0.15, 0.2) is 0 Å². The number of nitrogens with zero attached hydrogens (tertiary/aromatic N) is 1. The van der Waals surface area contributed by atoms with Gasteiger partial charge in [0.2, 0.25) is 5.91 Å². The summed E-state index contributed by atoms with van der Waals surface area (Å²) in [6.07, 6.45) is 2.62. The van der Waals surface area contributed by atoms with Crippen LogP contribution in [0.2, 0.25) is 0 Å². The van der Waals surface area contributed by atoms with Gasteiger partial charge < -0.3 is 14.6 Å². The van der Waals surface area contributed by atoms with E-state index < -0.39 is 0 Å². The number of rotatable bonds is 9. The fourth-order valence-corrected chi connectivity index (χ4v) is 4.31. The molecular weight excluding hydrogens is 396 g/mol. The molecule has 0 saturated carbocycles.